The summed E-state index contributed by atoms with van der Waals surface area (Å²) in [6.45, 7) is 18.5. The molecule has 0 unspecified atom stereocenters. The number of fused-ring (bicyclic) bond motifs is 1. The van der Waals surface area contributed by atoms with E-state index in [1.165, 1.54) is 0 Å². The van der Waals surface area contributed by atoms with Crippen LogP contribution in [0.5, 0.6) is 5.75 Å². The van der Waals surface area contributed by atoms with Crippen LogP contribution in [0.15, 0.2) is 49.6 Å². The predicted octanol–water partition coefficient (Wildman–Crippen LogP) is 6.70. The molecular weight excluding hydrogens is 504 g/mol. The maximum Gasteiger partial charge on any atom is 0.407 e. The zero-order chi connectivity index (χ0) is 29.7. The van der Waals surface area contributed by atoms with Gasteiger partial charge in [-0.1, -0.05) is 58.6 Å². The number of hydrogen-bond donors (Lipinski definition) is 1. The molecular formula is C33H46N2O5. The molecule has 2 amide bonds. The van der Waals surface area contributed by atoms with Crippen LogP contribution in [0, 0.1) is 11.3 Å². The fourth-order valence-corrected chi connectivity index (χ4v) is 5.54. The first-order valence-corrected chi connectivity index (χ1v) is 14.0. The highest BCUT2D eigenvalue weighted by molar-refractivity contribution is 5.88. The van der Waals surface area contributed by atoms with E-state index in [-0.39, 0.29) is 29.9 Å². The summed E-state index contributed by atoms with van der Waals surface area (Å²) in [4.78, 5) is 28.3. The number of methoxy groups -OCH3 is 2. The molecule has 1 aliphatic rings. The van der Waals surface area contributed by atoms with Gasteiger partial charge in [0.2, 0.25) is 5.91 Å². The Kier molecular flexibility index (Phi) is 10.1. The molecule has 1 fully saturated rings. The minimum Gasteiger partial charge on any atom is -0.496 e. The van der Waals surface area contributed by atoms with Crippen molar-refractivity contribution in [2.24, 2.45) is 11.3 Å². The Morgan fingerprint density at radius 2 is 1.90 bits per heavy atom. The molecule has 0 aromatic heterocycles. The fraction of sp³-hybridized carbons (Fsp3) is 0.515. The van der Waals surface area contributed by atoms with Crippen LogP contribution in [0.3, 0.4) is 0 Å². The molecule has 40 heavy (non-hydrogen) atoms. The molecule has 2 aromatic carbocycles. The van der Waals surface area contributed by atoms with Gasteiger partial charge in [-0.15, -0.1) is 6.58 Å². The number of allylic oxidation sites excluding steroid dienone is 1. The minimum absolute atomic E-state index is 0.00809. The lowest BCUT2D eigenvalue weighted by molar-refractivity contribution is -0.136. The number of benzene rings is 2. The Labute approximate surface area is 239 Å². The molecule has 0 saturated carbocycles. The second kappa shape index (κ2) is 12.9. The van der Waals surface area contributed by atoms with Gasteiger partial charge in [-0.2, -0.15) is 0 Å². The van der Waals surface area contributed by atoms with E-state index in [1.807, 2.05) is 37.8 Å². The van der Waals surface area contributed by atoms with Gasteiger partial charge in [-0.3, -0.25) is 4.79 Å². The van der Waals surface area contributed by atoms with Crippen molar-refractivity contribution in [3.63, 3.8) is 0 Å². The molecule has 0 spiro atoms. The van der Waals surface area contributed by atoms with Crippen LogP contribution in [0.4, 0.5) is 4.79 Å². The second-order valence-electron chi connectivity index (χ2n) is 12.0. The van der Waals surface area contributed by atoms with Gasteiger partial charge in [-0.05, 0) is 65.6 Å². The Morgan fingerprint density at radius 3 is 2.50 bits per heavy atom. The lowest BCUT2D eigenvalue weighted by Crippen LogP contribution is -2.52. The van der Waals surface area contributed by atoms with Crippen molar-refractivity contribution in [1.29, 1.82) is 0 Å². The van der Waals surface area contributed by atoms with E-state index in [9.17, 15) is 9.59 Å². The predicted molar refractivity (Wildman–Crippen MR) is 161 cm³/mol. The maximum atomic E-state index is 13.8. The summed E-state index contributed by atoms with van der Waals surface area (Å²) in [6.07, 6.45) is 5.26. The summed E-state index contributed by atoms with van der Waals surface area (Å²) >= 11 is 0. The number of carbonyl (C=O) groups is 2. The Bertz CT molecular complexity index is 1240. The molecule has 218 valence electrons. The SMILES string of the molecule is C=CCC(C)(C)CCOC(=O)N[C@H](C(=O)N1C[C@](OC)(c2ccc3cc(OC)c(C=C)cc3c2)C[C@H]1C)C(C)C. The van der Waals surface area contributed by atoms with Crippen LogP contribution in [0.1, 0.15) is 65.0 Å². The molecule has 1 aliphatic heterocycles. The van der Waals surface area contributed by atoms with Gasteiger partial charge in [0.15, 0.2) is 0 Å². The van der Waals surface area contributed by atoms with Crippen LogP contribution in [-0.4, -0.2) is 56.4 Å². The van der Waals surface area contributed by atoms with Gasteiger partial charge >= 0.3 is 6.09 Å². The Balaban J connectivity index is 1.78. The number of rotatable bonds is 12. The van der Waals surface area contributed by atoms with Crippen LogP contribution in [0.2, 0.25) is 0 Å². The van der Waals surface area contributed by atoms with E-state index >= 15 is 0 Å². The van der Waals surface area contributed by atoms with Gasteiger partial charge < -0.3 is 24.4 Å². The first kappa shape index (κ1) is 31.2. The zero-order valence-corrected chi connectivity index (χ0v) is 25.2. The van der Waals surface area contributed by atoms with Gasteiger partial charge in [0.1, 0.15) is 17.4 Å². The smallest absolute Gasteiger partial charge is 0.407 e. The number of nitrogens with one attached hydrogen (secondary N) is 1. The molecule has 3 atom stereocenters. The number of carbonyl (C=O) groups excluding carboxylic acids is 2. The first-order chi connectivity index (χ1) is 18.9. The molecule has 1 N–H and O–H groups in total. The Hall–Kier alpha value is -3.32. The standard InChI is InChI=1S/C33H46N2O5/c1-10-14-32(6,7)15-16-40-31(37)34-29(22(3)4)30(36)35-21-33(39-9,20-23(35)5)27-13-12-25-19-28(38-8)24(11-2)17-26(25)18-27/h10-13,17-19,22-23,29H,1-2,14-16,20-21H2,3-9H3,(H,34,37)/t23-,29+,33+/m1/s1. The van der Waals surface area contributed by atoms with Crippen molar-refractivity contribution in [3.05, 3.63) is 60.7 Å². The molecule has 1 heterocycles. The van der Waals surface area contributed by atoms with Crippen LogP contribution < -0.4 is 10.1 Å². The molecule has 1 saturated heterocycles. The van der Waals surface area contributed by atoms with Crippen molar-refractivity contribution in [1.82, 2.24) is 10.2 Å². The average molecular weight is 551 g/mol. The average Bonchev–Trinajstić information content (AvgIpc) is 3.27. The van der Waals surface area contributed by atoms with Crippen LogP contribution in [0.25, 0.3) is 16.8 Å². The molecule has 2 aromatic rings. The number of nitrogens with zero attached hydrogens (tertiary/aromatic N) is 1. The summed E-state index contributed by atoms with van der Waals surface area (Å²) in [5.41, 5.74) is 1.24. The highest BCUT2D eigenvalue weighted by atomic mass is 16.5. The molecule has 3 rings (SSSR count). The van der Waals surface area contributed by atoms with Crippen molar-refractivity contribution < 1.29 is 23.8 Å². The molecule has 0 aliphatic carbocycles. The van der Waals surface area contributed by atoms with E-state index in [0.29, 0.717) is 19.4 Å². The highest BCUT2D eigenvalue weighted by Gasteiger charge is 2.47. The minimum atomic E-state index is -0.706. The van der Waals surface area contributed by atoms with Gasteiger partial charge in [0, 0.05) is 25.1 Å². The fourth-order valence-electron chi connectivity index (χ4n) is 5.54. The van der Waals surface area contributed by atoms with Gasteiger partial charge in [0.25, 0.3) is 0 Å². The summed E-state index contributed by atoms with van der Waals surface area (Å²) in [6, 6.07) is 9.50. The van der Waals surface area contributed by atoms with E-state index in [0.717, 1.165) is 34.1 Å². The van der Waals surface area contributed by atoms with Crippen molar-refractivity contribution in [2.75, 3.05) is 27.4 Å². The summed E-state index contributed by atoms with van der Waals surface area (Å²) in [7, 11) is 3.34. The summed E-state index contributed by atoms with van der Waals surface area (Å²) in [5, 5.41) is 4.92. The second-order valence-corrected chi connectivity index (χ2v) is 12.0. The lowest BCUT2D eigenvalue weighted by atomic mass is 9.86. The monoisotopic (exact) mass is 550 g/mol. The third-order valence-corrected chi connectivity index (χ3v) is 8.11. The van der Waals surface area contributed by atoms with Crippen molar-refractivity contribution >= 4 is 28.8 Å². The number of likely N-dealkylation sites (tertiary alicyclic amines) is 1. The van der Waals surface area contributed by atoms with E-state index in [1.54, 1.807) is 20.3 Å². The highest BCUT2D eigenvalue weighted by Crippen LogP contribution is 2.41. The Morgan fingerprint density at radius 1 is 1.18 bits per heavy atom. The van der Waals surface area contributed by atoms with Crippen LogP contribution in [-0.2, 0) is 19.9 Å². The number of amides is 2. The topological polar surface area (TPSA) is 77.1 Å². The zero-order valence-electron chi connectivity index (χ0n) is 25.2. The largest absolute Gasteiger partial charge is 0.496 e. The number of hydrogen-bond acceptors (Lipinski definition) is 5. The molecule has 7 heteroatoms. The van der Waals surface area contributed by atoms with E-state index in [4.69, 9.17) is 14.2 Å². The molecule has 7 nitrogen and oxygen atoms in total. The molecule has 0 radical (unpaired) electrons. The summed E-state index contributed by atoms with van der Waals surface area (Å²) in [5.74, 6) is 0.522. The van der Waals surface area contributed by atoms with E-state index < -0.39 is 17.7 Å². The van der Waals surface area contributed by atoms with Crippen molar-refractivity contribution in [2.45, 2.75) is 71.6 Å². The maximum absolute atomic E-state index is 13.8. The van der Waals surface area contributed by atoms with E-state index in [2.05, 4.69) is 56.6 Å². The van der Waals surface area contributed by atoms with Gasteiger partial charge in [-0.25, -0.2) is 4.79 Å². The summed E-state index contributed by atoms with van der Waals surface area (Å²) < 4.78 is 17.1. The first-order valence-electron chi connectivity index (χ1n) is 14.0. The van der Waals surface area contributed by atoms with Gasteiger partial charge in [0.05, 0.1) is 20.3 Å². The number of alkyl carbamates (subject to hydrolysis) is 1. The molecule has 0 bridgehead atoms. The van der Waals surface area contributed by atoms with Crippen LogP contribution >= 0.6 is 0 Å². The third kappa shape index (κ3) is 6.87. The van der Waals surface area contributed by atoms with Crippen molar-refractivity contribution in [3.8, 4) is 5.75 Å². The third-order valence-electron chi connectivity index (χ3n) is 8.11. The quantitative estimate of drug-likeness (QED) is 0.298. The number of ether oxygens (including phenoxy) is 3. The normalized spacial score (nSPS) is 19.9. The lowest BCUT2D eigenvalue weighted by Gasteiger charge is -2.31.